The molecular weight excluding hydrogens is 437 g/mol. The summed E-state index contributed by atoms with van der Waals surface area (Å²) < 4.78 is 25.5. The van der Waals surface area contributed by atoms with E-state index in [4.69, 9.17) is 23.2 Å². The van der Waals surface area contributed by atoms with Gasteiger partial charge >= 0.3 is 11.8 Å². The summed E-state index contributed by atoms with van der Waals surface area (Å²) >= 11 is 12.0. The second kappa shape index (κ2) is 9.02. The Kier molecular flexibility index (Phi) is 6.66. The molecule has 154 valence electrons. The third kappa shape index (κ3) is 5.41. The molecule has 1 aliphatic heterocycles. The number of rotatable bonds is 5. The van der Waals surface area contributed by atoms with Gasteiger partial charge in [-0.2, -0.15) is 0 Å². The second-order valence-electron chi connectivity index (χ2n) is 6.49. The summed E-state index contributed by atoms with van der Waals surface area (Å²) in [5.41, 5.74) is 1.54. The largest absolute Gasteiger partial charge is 0.347 e. The highest BCUT2D eigenvalue weighted by Gasteiger charge is 2.30. The van der Waals surface area contributed by atoms with Crippen LogP contribution >= 0.6 is 23.2 Å². The van der Waals surface area contributed by atoms with Gasteiger partial charge in [0.05, 0.1) is 16.5 Å². The van der Waals surface area contributed by atoms with Gasteiger partial charge < -0.3 is 10.6 Å². The van der Waals surface area contributed by atoms with Crippen molar-refractivity contribution in [1.82, 2.24) is 5.32 Å². The first-order chi connectivity index (χ1) is 13.8. The maximum atomic E-state index is 12.1. The number of nitrogens with zero attached hydrogens (tertiary/aromatic N) is 1. The number of halogens is 2. The van der Waals surface area contributed by atoms with Gasteiger partial charge in [-0.05, 0) is 48.7 Å². The third-order valence-electron chi connectivity index (χ3n) is 4.39. The van der Waals surface area contributed by atoms with Gasteiger partial charge in [-0.25, -0.2) is 8.42 Å². The van der Waals surface area contributed by atoms with Crippen molar-refractivity contribution in [3.05, 3.63) is 58.1 Å². The van der Waals surface area contributed by atoms with Gasteiger partial charge in [-0.15, -0.1) is 0 Å². The van der Waals surface area contributed by atoms with Crippen LogP contribution in [0.4, 0.5) is 11.4 Å². The van der Waals surface area contributed by atoms with Crippen LogP contribution in [0.5, 0.6) is 0 Å². The van der Waals surface area contributed by atoms with E-state index in [0.29, 0.717) is 24.4 Å². The molecule has 0 unspecified atom stereocenters. The Morgan fingerprint density at radius 3 is 2.41 bits per heavy atom. The van der Waals surface area contributed by atoms with Crippen molar-refractivity contribution in [2.45, 2.75) is 12.8 Å². The van der Waals surface area contributed by atoms with E-state index in [2.05, 4.69) is 10.6 Å². The zero-order chi connectivity index (χ0) is 21.0. The van der Waals surface area contributed by atoms with Gasteiger partial charge in [-0.3, -0.25) is 13.9 Å². The minimum absolute atomic E-state index is 0.0515. The summed E-state index contributed by atoms with van der Waals surface area (Å²) in [4.78, 5) is 24.2. The summed E-state index contributed by atoms with van der Waals surface area (Å²) in [7, 11) is -3.42. The summed E-state index contributed by atoms with van der Waals surface area (Å²) in [6.07, 6.45) is 1.05. The van der Waals surface area contributed by atoms with Gasteiger partial charge in [0.2, 0.25) is 10.0 Å². The van der Waals surface area contributed by atoms with E-state index in [1.165, 1.54) is 22.5 Å². The van der Waals surface area contributed by atoms with Crippen LogP contribution in [0.25, 0.3) is 0 Å². The van der Waals surface area contributed by atoms with E-state index in [9.17, 15) is 18.0 Å². The third-order valence-corrected chi connectivity index (χ3v) is 6.82. The number of nitrogens with one attached hydrogen (secondary N) is 2. The summed E-state index contributed by atoms with van der Waals surface area (Å²) in [6, 6.07) is 11.6. The molecule has 2 aromatic carbocycles. The number of carbonyl (C=O) groups excluding carboxylic acids is 2. The summed E-state index contributed by atoms with van der Waals surface area (Å²) in [5.74, 6) is -1.58. The molecule has 1 heterocycles. The number of sulfonamides is 1. The molecule has 0 aromatic heterocycles. The predicted octanol–water partition coefficient (Wildman–Crippen LogP) is 2.83. The van der Waals surface area contributed by atoms with Gasteiger partial charge in [0, 0.05) is 23.8 Å². The molecule has 1 fully saturated rings. The Hall–Kier alpha value is -2.29. The van der Waals surface area contributed by atoms with Crippen LogP contribution in [-0.4, -0.2) is 39.1 Å². The minimum atomic E-state index is -3.42. The molecule has 1 aliphatic rings. The Bertz CT molecular complexity index is 1030. The average molecular weight is 456 g/mol. The maximum absolute atomic E-state index is 12.1. The van der Waals surface area contributed by atoms with Crippen molar-refractivity contribution in [2.24, 2.45) is 0 Å². The van der Waals surface area contributed by atoms with E-state index in [-0.39, 0.29) is 28.7 Å². The predicted molar refractivity (Wildman–Crippen MR) is 114 cm³/mol. The average Bonchev–Trinajstić information content (AvgIpc) is 3.03. The zero-order valence-electron chi connectivity index (χ0n) is 15.3. The van der Waals surface area contributed by atoms with Gasteiger partial charge in [0.1, 0.15) is 0 Å². The lowest BCUT2D eigenvalue weighted by atomic mass is 10.1. The number of hydrogen-bond acceptors (Lipinski definition) is 4. The molecular formula is C19H19Cl2N3O4S. The highest BCUT2D eigenvalue weighted by Crippen LogP contribution is 2.33. The fraction of sp³-hybridized carbons (Fsp3) is 0.263. The minimum Gasteiger partial charge on any atom is -0.347 e. The van der Waals surface area contributed by atoms with E-state index in [1.807, 2.05) is 12.1 Å². The SMILES string of the molecule is O=C(NCCc1ccc(Cl)cc1)C(=O)Nc1ccc(Cl)c(N2CCCS2(=O)=O)c1. The standard InChI is InChI=1S/C19H19Cl2N3O4S/c20-14-4-2-13(3-5-14)8-9-22-18(25)19(26)23-15-6-7-16(21)17(12-15)24-10-1-11-29(24,27)28/h2-7,12H,1,8-11H2,(H,22,25)(H,23,26). The number of benzene rings is 2. The van der Waals surface area contributed by atoms with Crippen LogP contribution in [0.15, 0.2) is 42.5 Å². The molecule has 0 bridgehead atoms. The van der Waals surface area contributed by atoms with E-state index in [1.54, 1.807) is 12.1 Å². The van der Waals surface area contributed by atoms with E-state index in [0.717, 1.165) is 5.56 Å². The smallest absolute Gasteiger partial charge is 0.313 e. The van der Waals surface area contributed by atoms with Crippen LogP contribution < -0.4 is 14.9 Å². The number of anilines is 2. The van der Waals surface area contributed by atoms with Crippen molar-refractivity contribution < 1.29 is 18.0 Å². The van der Waals surface area contributed by atoms with Gasteiger partial charge in [-0.1, -0.05) is 35.3 Å². The van der Waals surface area contributed by atoms with Crippen molar-refractivity contribution in [2.75, 3.05) is 28.5 Å². The first-order valence-electron chi connectivity index (χ1n) is 8.90. The molecule has 0 radical (unpaired) electrons. The fourth-order valence-electron chi connectivity index (χ4n) is 2.93. The van der Waals surface area contributed by atoms with Gasteiger partial charge in [0.15, 0.2) is 0 Å². The molecule has 0 spiro atoms. The van der Waals surface area contributed by atoms with Crippen LogP contribution in [-0.2, 0) is 26.0 Å². The molecule has 29 heavy (non-hydrogen) atoms. The Balaban J connectivity index is 1.59. The van der Waals surface area contributed by atoms with E-state index < -0.39 is 21.8 Å². The Labute approximate surface area is 179 Å². The summed E-state index contributed by atoms with van der Waals surface area (Å²) in [6.45, 7) is 0.608. The normalized spacial score (nSPS) is 15.2. The quantitative estimate of drug-likeness (QED) is 0.677. The van der Waals surface area contributed by atoms with Crippen LogP contribution in [0, 0.1) is 0 Å². The number of carbonyl (C=O) groups is 2. The van der Waals surface area contributed by atoms with Crippen LogP contribution in [0.3, 0.4) is 0 Å². The van der Waals surface area contributed by atoms with Crippen molar-refractivity contribution in [3.8, 4) is 0 Å². The Morgan fingerprint density at radius 2 is 1.76 bits per heavy atom. The topological polar surface area (TPSA) is 95.6 Å². The fourth-order valence-corrected chi connectivity index (χ4v) is 4.90. The zero-order valence-corrected chi connectivity index (χ0v) is 17.6. The molecule has 0 saturated carbocycles. The lowest BCUT2D eigenvalue weighted by molar-refractivity contribution is -0.136. The molecule has 3 rings (SSSR count). The first kappa shape index (κ1) is 21.4. The molecule has 0 aliphatic carbocycles. The lowest BCUT2D eigenvalue weighted by Crippen LogP contribution is -2.36. The Morgan fingerprint density at radius 1 is 1.03 bits per heavy atom. The number of amides is 2. The van der Waals surface area contributed by atoms with E-state index >= 15 is 0 Å². The molecule has 0 atom stereocenters. The molecule has 1 saturated heterocycles. The first-order valence-corrected chi connectivity index (χ1v) is 11.3. The van der Waals surface area contributed by atoms with Gasteiger partial charge in [0.25, 0.3) is 0 Å². The summed E-state index contributed by atoms with van der Waals surface area (Å²) in [5, 5.41) is 5.89. The highest BCUT2D eigenvalue weighted by atomic mass is 35.5. The lowest BCUT2D eigenvalue weighted by Gasteiger charge is -2.19. The molecule has 10 heteroatoms. The highest BCUT2D eigenvalue weighted by molar-refractivity contribution is 7.93. The molecule has 2 N–H and O–H groups in total. The molecule has 2 amide bonds. The van der Waals surface area contributed by atoms with Crippen molar-refractivity contribution in [1.29, 1.82) is 0 Å². The van der Waals surface area contributed by atoms with Crippen LogP contribution in [0.2, 0.25) is 10.0 Å². The molecule has 2 aromatic rings. The monoisotopic (exact) mass is 455 g/mol. The molecule has 7 nitrogen and oxygen atoms in total. The van der Waals surface area contributed by atoms with Crippen molar-refractivity contribution in [3.63, 3.8) is 0 Å². The van der Waals surface area contributed by atoms with Crippen molar-refractivity contribution >= 4 is 56.4 Å². The second-order valence-corrected chi connectivity index (χ2v) is 9.35. The number of hydrogen-bond donors (Lipinski definition) is 2. The van der Waals surface area contributed by atoms with Crippen LogP contribution in [0.1, 0.15) is 12.0 Å². The maximum Gasteiger partial charge on any atom is 0.313 e.